The Morgan fingerprint density at radius 1 is 1.43 bits per heavy atom. The number of rotatable bonds is 2. The van der Waals surface area contributed by atoms with Crippen LogP contribution in [0.15, 0.2) is 24.3 Å². The van der Waals surface area contributed by atoms with Crippen molar-refractivity contribution in [2.45, 2.75) is 18.9 Å². The zero-order valence-corrected chi connectivity index (χ0v) is 8.09. The zero-order chi connectivity index (χ0) is 9.80. The maximum atomic E-state index is 12.9. The molecular formula is C11H15FN2. The molecule has 2 rings (SSSR count). The summed E-state index contributed by atoms with van der Waals surface area (Å²) in [6, 6.07) is 7.07. The third-order valence-electron chi connectivity index (χ3n) is 2.49. The third kappa shape index (κ3) is 2.45. The summed E-state index contributed by atoms with van der Waals surface area (Å²) in [6.07, 6.45) is 2.34. The molecule has 0 saturated carbocycles. The fraction of sp³-hybridized carbons (Fsp3) is 0.455. The molecule has 76 valence electrons. The Bertz CT molecular complexity index is 295. The van der Waals surface area contributed by atoms with Gasteiger partial charge >= 0.3 is 0 Å². The second-order valence-electron chi connectivity index (χ2n) is 3.70. The van der Waals surface area contributed by atoms with Gasteiger partial charge in [0, 0.05) is 18.3 Å². The Balaban J connectivity index is 1.95. The van der Waals surface area contributed by atoms with Crippen molar-refractivity contribution >= 4 is 5.69 Å². The minimum Gasteiger partial charge on any atom is -0.381 e. The second-order valence-corrected chi connectivity index (χ2v) is 3.70. The molecule has 1 saturated heterocycles. The normalized spacial score (nSPS) is 21.9. The van der Waals surface area contributed by atoms with Crippen LogP contribution in [0.1, 0.15) is 12.8 Å². The van der Waals surface area contributed by atoms with Crippen molar-refractivity contribution in [1.29, 1.82) is 0 Å². The highest BCUT2D eigenvalue weighted by molar-refractivity contribution is 5.44. The second kappa shape index (κ2) is 4.42. The molecule has 1 aliphatic heterocycles. The Morgan fingerprint density at radius 2 is 2.36 bits per heavy atom. The van der Waals surface area contributed by atoms with Crippen LogP contribution >= 0.6 is 0 Å². The van der Waals surface area contributed by atoms with Gasteiger partial charge < -0.3 is 10.6 Å². The van der Waals surface area contributed by atoms with Crippen molar-refractivity contribution < 1.29 is 4.39 Å². The summed E-state index contributed by atoms with van der Waals surface area (Å²) < 4.78 is 12.9. The Kier molecular flexibility index (Phi) is 2.99. The van der Waals surface area contributed by atoms with Gasteiger partial charge in [0.1, 0.15) is 5.82 Å². The molecule has 3 heteroatoms. The zero-order valence-electron chi connectivity index (χ0n) is 8.09. The topological polar surface area (TPSA) is 24.1 Å². The van der Waals surface area contributed by atoms with Gasteiger partial charge in [0.25, 0.3) is 0 Å². The van der Waals surface area contributed by atoms with Crippen molar-refractivity contribution in [3.63, 3.8) is 0 Å². The first-order chi connectivity index (χ1) is 6.84. The quantitative estimate of drug-likeness (QED) is 0.752. The smallest absolute Gasteiger partial charge is 0.125 e. The largest absolute Gasteiger partial charge is 0.381 e. The van der Waals surface area contributed by atoms with Crippen LogP contribution in [0, 0.1) is 5.82 Å². The molecule has 0 amide bonds. The lowest BCUT2D eigenvalue weighted by Gasteiger charge is -2.24. The minimum atomic E-state index is -0.182. The molecule has 1 atom stereocenters. The fourth-order valence-corrected chi connectivity index (χ4v) is 1.79. The van der Waals surface area contributed by atoms with Gasteiger partial charge in [-0.05, 0) is 37.6 Å². The van der Waals surface area contributed by atoms with Crippen LogP contribution in [0.2, 0.25) is 0 Å². The highest BCUT2D eigenvalue weighted by Crippen LogP contribution is 2.13. The lowest BCUT2D eigenvalue weighted by Crippen LogP contribution is -2.38. The standard InChI is InChI=1S/C11H15FN2/c12-9-3-1-4-10(7-9)14-11-5-2-6-13-8-11/h1,3-4,7,11,13-14H,2,5-6,8H2/t11-/m0/s1. The highest BCUT2D eigenvalue weighted by Gasteiger charge is 2.11. The van der Waals surface area contributed by atoms with E-state index in [-0.39, 0.29) is 5.82 Å². The molecule has 1 aromatic carbocycles. The van der Waals surface area contributed by atoms with E-state index in [9.17, 15) is 4.39 Å². The molecule has 14 heavy (non-hydrogen) atoms. The monoisotopic (exact) mass is 194 g/mol. The van der Waals surface area contributed by atoms with Crippen LogP contribution in [0.25, 0.3) is 0 Å². The van der Waals surface area contributed by atoms with E-state index < -0.39 is 0 Å². The van der Waals surface area contributed by atoms with Gasteiger partial charge in [-0.1, -0.05) is 6.07 Å². The van der Waals surface area contributed by atoms with Crippen LogP contribution in [0.4, 0.5) is 10.1 Å². The molecule has 0 aromatic heterocycles. The molecule has 0 spiro atoms. The van der Waals surface area contributed by atoms with E-state index in [2.05, 4.69) is 10.6 Å². The molecule has 1 aromatic rings. The number of nitrogens with one attached hydrogen (secondary N) is 2. The molecule has 1 heterocycles. The van der Waals surface area contributed by atoms with E-state index in [0.29, 0.717) is 6.04 Å². The van der Waals surface area contributed by atoms with E-state index in [0.717, 1.165) is 25.2 Å². The van der Waals surface area contributed by atoms with E-state index in [1.807, 2.05) is 6.07 Å². The SMILES string of the molecule is Fc1cccc(N[C@H]2CCCNC2)c1. The maximum Gasteiger partial charge on any atom is 0.125 e. The maximum absolute atomic E-state index is 12.9. The highest BCUT2D eigenvalue weighted by atomic mass is 19.1. The summed E-state index contributed by atoms with van der Waals surface area (Å²) in [4.78, 5) is 0. The van der Waals surface area contributed by atoms with Gasteiger partial charge in [0.05, 0.1) is 0 Å². The summed E-state index contributed by atoms with van der Waals surface area (Å²) in [5.74, 6) is -0.182. The third-order valence-corrected chi connectivity index (χ3v) is 2.49. The van der Waals surface area contributed by atoms with Crippen LogP contribution < -0.4 is 10.6 Å². The van der Waals surface area contributed by atoms with E-state index in [1.54, 1.807) is 6.07 Å². The van der Waals surface area contributed by atoms with E-state index in [4.69, 9.17) is 0 Å². The first-order valence-electron chi connectivity index (χ1n) is 5.07. The van der Waals surface area contributed by atoms with Crippen molar-refractivity contribution in [3.8, 4) is 0 Å². The average Bonchev–Trinajstić information content (AvgIpc) is 2.19. The first kappa shape index (κ1) is 9.46. The minimum absolute atomic E-state index is 0.182. The van der Waals surface area contributed by atoms with E-state index in [1.165, 1.54) is 18.6 Å². The van der Waals surface area contributed by atoms with Crippen LogP contribution in [0.5, 0.6) is 0 Å². The summed E-state index contributed by atoms with van der Waals surface area (Å²) in [5, 5.41) is 6.63. The first-order valence-corrected chi connectivity index (χ1v) is 5.07. The Hall–Kier alpha value is -1.09. The number of halogens is 1. The summed E-state index contributed by atoms with van der Waals surface area (Å²) in [6.45, 7) is 2.07. The lowest BCUT2D eigenvalue weighted by molar-refractivity contribution is 0.479. The van der Waals surface area contributed by atoms with Gasteiger partial charge in [-0.3, -0.25) is 0 Å². The van der Waals surface area contributed by atoms with Crippen molar-refractivity contribution in [1.82, 2.24) is 5.32 Å². The molecule has 0 unspecified atom stereocenters. The van der Waals surface area contributed by atoms with Crippen LogP contribution in [0.3, 0.4) is 0 Å². The van der Waals surface area contributed by atoms with Gasteiger partial charge in [-0.15, -0.1) is 0 Å². The molecule has 0 radical (unpaired) electrons. The van der Waals surface area contributed by atoms with Crippen molar-refractivity contribution in [2.24, 2.45) is 0 Å². The van der Waals surface area contributed by atoms with Crippen molar-refractivity contribution in [3.05, 3.63) is 30.1 Å². The van der Waals surface area contributed by atoms with Crippen LogP contribution in [-0.2, 0) is 0 Å². The number of benzene rings is 1. The lowest BCUT2D eigenvalue weighted by atomic mass is 10.1. The number of hydrogen-bond acceptors (Lipinski definition) is 2. The number of hydrogen-bond donors (Lipinski definition) is 2. The Labute approximate surface area is 83.5 Å². The summed E-state index contributed by atoms with van der Waals surface area (Å²) >= 11 is 0. The molecule has 2 N–H and O–H groups in total. The van der Waals surface area contributed by atoms with E-state index >= 15 is 0 Å². The van der Waals surface area contributed by atoms with Gasteiger partial charge in [0.15, 0.2) is 0 Å². The summed E-state index contributed by atoms with van der Waals surface area (Å²) in [7, 11) is 0. The van der Waals surface area contributed by atoms with Gasteiger partial charge in [-0.25, -0.2) is 4.39 Å². The van der Waals surface area contributed by atoms with Crippen molar-refractivity contribution in [2.75, 3.05) is 18.4 Å². The molecule has 0 aliphatic carbocycles. The number of anilines is 1. The fourth-order valence-electron chi connectivity index (χ4n) is 1.79. The molecule has 0 bridgehead atoms. The number of piperidine rings is 1. The van der Waals surface area contributed by atoms with Gasteiger partial charge in [-0.2, -0.15) is 0 Å². The average molecular weight is 194 g/mol. The van der Waals surface area contributed by atoms with Gasteiger partial charge in [0.2, 0.25) is 0 Å². The molecule has 1 fully saturated rings. The van der Waals surface area contributed by atoms with Crippen LogP contribution in [-0.4, -0.2) is 19.1 Å². The summed E-state index contributed by atoms with van der Waals surface area (Å²) in [5.41, 5.74) is 0.874. The molecule has 1 aliphatic rings. The Morgan fingerprint density at radius 3 is 3.07 bits per heavy atom. The predicted octanol–water partition coefficient (Wildman–Crippen LogP) is 1.99. The predicted molar refractivity (Wildman–Crippen MR) is 55.9 cm³/mol. The molecule has 2 nitrogen and oxygen atoms in total. The molecular weight excluding hydrogens is 179 g/mol.